The zero-order valence-electron chi connectivity index (χ0n) is 12.2. The van der Waals surface area contributed by atoms with Gasteiger partial charge in [0, 0.05) is 6.42 Å². The maximum atomic E-state index is 14.4. The van der Waals surface area contributed by atoms with Gasteiger partial charge in [-0.2, -0.15) is 5.26 Å². The van der Waals surface area contributed by atoms with Crippen LogP contribution in [0.15, 0.2) is 30.3 Å². The molecule has 0 bridgehead atoms. The minimum Gasteiger partial charge on any atom is -0.493 e. The minimum absolute atomic E-state index is 0.0521. The van der Waals surface area contributed by atoms with Crippen molar-refractivity contribution in [3.63, 3.8) is 0 Å². The van der Waals surface area contributed by atoms with E-state index in [2.05, 4.69) is 0 Å². The van der Waals surface area contributed by atoms with Crippen LogP contribution >= 0.6 is 0 Å². The van der Waals surface area contributed by atoms with Gasteiger partial charge < -0.3 is 14.3 Å². The molecule has 0 radical (unpaired) electrons. The number of nitriles is 1. The average molecular weight is 299 g/mol. The number of ether oxygens (including phenoxy) is 2. The first kappa shape index (κ1) is 15.5. The summed E-state index contributed by atoms with van der Waals surface area (Å²) in [4.78, 5) is 10.6. The Morgan fingerprint density at radius 3 is 2.73 bits per heavy atom. The Morgan fingerprint density at radius 2 is 2.09 bits per heavy atom. The van der Waals surface area contributed by atoms with Gasteiger partial charge in [0.2, 0.25) is 5.75 Å². The number of carbonyl (C=O) groups excluding carboxylic acids is 1. The molecule has 0 heterocycles. The highest BCUT2D eigenvalue weighted by molar-refractivity contribution is 5.58. The Kier molecular flexibility index (Phi) is 4.74. The molecule has 0 aliphatic carbocycles. The van der Waals surface area contributed by atoms with Crippen LogP contribution in [-0.2, 0) is 11.2 Å². The molecule has 5 heteroatoms. The minimum atomic E-state index is -0.647. The molecule has 0 unspecified atom stereocenters. The number of methoxy groups -OCH3 is 1. The van der Waals surface area contributed by atoms with Gasteiger partial charge in [-0.1, -0.05) is 6.07 Å². The van der Waals surface area contributed by atoms with Crippen molar-refractivity contribution < 1.29 is 18.7 Å². The molecular weight excluding hydrogens is 285 g/mol. The van der Waals surface area contributed by atoms with Crippen molar-refractivity contribution in [2.24, 2.45) is 0 Å². The number of hydrogen-bond acceptors (Lipinski definition) is 4. The van der Waals surface area contributed by atoms with Gasteiger partial charge in [0.1, 0.15) is 12.0 Å². The van der Waals surface area contributed by atoms with Crippen LogP contribution < -0.4 is 9.47 Å². The quantitative estimate of drug-likeness (QED) is 0.792. The monoisotopic (exact) mass is 299 g/mol. The van der Waals surface area contributed by atoms with Gasteiger partial charge in [-0.15, -0.1) is 0 Å². The molecule has 2 aromatic carbocycles. The van der Waals surface area contributed by atoms with Crippen molar-refractivity contribution in [3.05, 3.63) is 52.8 Å². The van der Waals surface area contributed by atoms with E-state index in [1.807, 2.05) is 13.0 Å². The Hall–Kier alpha value is -2.87. The highest BCUT2D eigenvalue weighted by atomic mass is 19.1. The largest absolute Gasteiger partial charge is 0.493 e. The number of aryl methyl sites for hydroxylation is 1. The SMILES string of the molecule is COc1ccc(CC=O)c(F)c1Oc1cc(C)cc(C#N)c1. The first-order valence-electron chi connectivity index (χ1n) is 6.57. The van der Waals surface area contributed by atoms with Crippen LogP contribution in [0.3, 0.4) is 0 Å². The molecule has 2 rings (SSSR count). The predicted molar refractivity (Wildman–Crippen MR) is 78.7 cm³/mol. The molecule has 0 aliphatic heterocycles. The van der Waals surface area contributed by atoms with Crippen molar-refractivity contribution in [1.29, 1.82) is 5.26 Å². The van der Waals surface area contributed by atoms with Crippen LogP contribution in [-0.4, -0.2) is 13.4 Å². The van der Waals surface area contributed by atoms with E-state index in [0.29, 0.717) is 17.6 Å². The van der Waals surface area contributed by atoms with Crippen LogP contribution in [0.4, 0.5) is 4.39 Å². The average Bonchev–Trinajstić information content (AvgIpc) is 2.51. The third-order valence-electron chi connectivity index (χ3n) is 3.06. The van der Waals surface area contributed by atoms with Crippen molar-refractivity contribution in [2.45, 2.75) is 13.3 Å². The summed E-state index contributed by atoms with van der Waals surface area (Å²) in [5.74, 6) is -0.202. The molecule has 0 aliphatic rings. The number of aldehydes is 1. The van der Waals surface area contributed by atoms with Crippen molar-refractivity contribution >= 4 is 6.29 Å². The van der Waals surface area contributed by atoms with E-state index in [1.165, 1.54) is 25.3 Å². The second-order valence-electron chi connectivity index (χ2n) is 4.69. The van der Waals surface area contributed by atoms with Crippen LogP contribution in [0, 0.1) is 24.1 Å². The second kappa shape index (κ2) is 6.72. The normalized spacial score (nSPS) is 9.91. The first-order valence-corrected chi connectivity index (χ1v) is 6.57. The Morgan fingerprint density at radius 1 is 1.32 bits per heavy atom. The lowest BCUT2D eigenvalue weighted by Crippen LogP contribution is -1.99. The van der Waals surface area contributed by atoms with Gasteiger partial charge in [-0.05, 0) is 42.3 Å². The molecular formula is C17H14FNO3. The molecule has 112 valence electrons. The van der Waals surface area contributed by atoms with Gasteiger partial charge in [0.05, 0.1) is 18.7 Å². The molecule has 0 aromatic heterocycles. The summed E-state index contributed by atoms with van der Waals surface area (Å²) in [6, 6.07) is 9.93. The van der Waals surface area contributed by atoms with Gasteiger partial charge in [-0.25, -0.2) is 4.39 Å². The molecule has 0 saturated heterocycles. The highest BCUT2D eigenvalue weighted by Gasteiger charge is 2.17. The number of nitrogens with zero attached hydrogens (tertiary/aromatic N) is 1. The predicted octanol–water partition coefficient (Wildman–Crippen LogP) is 3.55. The fourth-order valence-corrected chi connectivity index (χ4v) is 2.07. The summed E-state index contributed by atoms with van der Waals surface area (Å²) >= 11 is 0. The van der Waals surface area contributed by atoms with Gasteiger partial charge >= 0.3 is 0 Å². The maximum Gasteiger partial charge on any atom is 0.205 e. The topological polar surface area (TPSA) is 59.3 Å². The summed E-state index contributed by atoms with van der Waals surface area (Å²) in [5.41, 5.74) is 1.45. The summed E-state index contributed by atoms with van der Waals surface area (Å²) in [7, 11) is 1.40. The molecule has 0 N–H and O–H groups in total. The van der Waals surface area contributed by atoms with E-state index >= 15 is 0 Å². The van der Waals surface area contributed by atoms with Crippen LogP contribution in [0.5, 0.6) is 17.2 Å². The van der Waals surface area contributed by atoms with Crippen LogP contribution in [0.2, 0.25) is 0 Å². The summed E-state index contributed by atoms with van der Waals surface area (Å²) in [5, 5.41) is 8.98. The Balaban J connectivity index is 2.48. The first-order chi connectivity index (χ1) is 10.6. The third-order valence-corrected chi connectivity index (χ3v) is 3.06. The molecule has 0 fully saturated rings. The molecule has 0 amide bonds. The zero-order chi connectivity index (χ0) is 16.1. The van der Waals surface area contributed by atoms with Gasteiger partial charge in [-0.3, -0.25) is 0 Å². The number of rotatable bonds is 5. The molecule has 4 nitrogen and oxygen atoms in total. The summed E-state index contributed by atoms with van der Waals surface area (Å²) in [6.45, 7) is 1.81. The lowest BCUT2D eigenvalue weighted by atomic mass is 10.1. The van der Waals surface area contributed by atoms with Gasteiger partial charge in [0.25, 0.3) is 0 Å². The van der Waals surface area contributed by atoms with Crippen molar-refractivity contribution in [2.75, 3.05) is 7.11 Å². The second-order valence-corrected chi connectivity index (χ2v) is 4.69. The Bertz CT molecular complexity index is 750. The summed E-state index contributed by atoms with van der Waals surface area (Å²) < 4.78 is 25.1. The van der Waals surface area contributed by atoms with E-state index < -0.39 is 5.82 Å². The van der Waals surface area contributed by atoms with E-state index in [0.717, 1.165) is 5.56 Å². The lowest BCUT2D eigenvalue weighted by Gasteiger charge is -2.13. The smallest absolute Gasteiger partial charge is 0.205 e. The molecule has 0 saturated carbocycles. The lowest BCUT2D eigenvalue weighted by molar-refractivity contribution is -0.107. The van der Waals surface area contributed by atoms with E-state index in [4.69, 9.17) is 14.7 Å². The number of halogens is 1. The van der Waals surface area contributed by atoms with Crippen molar-refractivity contribution in [3.8, 4) is 23.3 Å². The molecule has 22 heavy (non-hydrogen) atoms. The van der Waals surface area contributed by atoms with E-state index in [9.17, 15) is 9.18 Å². The summed E-state index contributed by atoms with van der Waals surface area (Å²) in [6.07, 6.45) is 0.568. The zero-order valence-corrected chi connectivity index (χ0v) is 12.2. The van der Waals surface area contributed by atoms with E-state index in [1.54, 1.807) is 12.1 Å². The molecule has 0 spiro atoms. The fourth-order valence-electron chi connectivity index (χ4n) is 2.07. The third kappa shape index (κ3) is 3.23. The van der Waals surface area contributed by atoms with Crippen LogP contribution in [0.1, 0.15) is 16.7 Å². The van der Waals surface area contributed by atoms with E-state index in [-0.39, 0.29) is 23.5 Å². The standard InChI is InChI=1S/C17H14FNO3/c1-11-7-12(10-19)9-14(8-11)22-17-15(21-2)4-3-13(5-6-20)16(17)18/h3-4,6-9H,5H2,1-2H3. The number of benzene rings is 2. The van der Waals surface area contributed by atoms with Crippen LogP contribution in [0.25, 0.3) is 0 Å². The number of carbonyl (C=O) groups is 1. The van der Waals surface area contributed by atoms with Crippen molar-refractivity contribution in [1.82, 2.24) is 0 Å². The fraction of sp³-hybridized carbons (Fsp3) is 0.176. The van der Waals surface area contributed by atoms with Gasteiger partial charge in [0.15, 0.2) is 11.6 Å². The maximum absolute atomic E-state index is 14.4. The number of hydrogen-bond donors (Lipinski definition) is 0. The Labute approximate surface area is 127 Å². The molecule has 2 aromatic rings. The highest BCUT2D eigenvalue weighted by Crippen LogP contribution is 2.36. The molecule has 0 atom stereocenters.